The molecule has 0 bridgehead atoms. The number of carbonyl (C=O) groups excluding carboxylic acids is 1. The Balaban J connectivity index is 1.27. The Hall–Kier alpha value is -2.92. The summed E-state index contributed by atoms with van der Waals surface area (Å²) in [5.41, 5.74) is 3.33. The van der Waals surface area contributed by atoms with Gasteiger partial charge in [0.1, 0.15) is 0 Å². The van der Waals surface area contributed by atoms with Gasteiger partial charge >= 0.3 is 5.97 Å². The van der Waals surface area contributed by atoms with Gasteiger partial charge in [-0.05, 0) is 67.3 Å². The Morgan fingerprint density at radius 3 is 2.44 bits per heavy atom. The maximum Gasteiger partial charge on any atom is 0.303 e. The van der Waals surface area contributed by atoms with Crippen molar-refractivity contribution in [2.24, 2.45) is 18.9 Å². The van der Waals surface area contributed by atoms with Crippen molar-refractivity contribution in [2.75, 3.05) is 19.8 Å². The third kappa shape index (κ3) is 6.77. The standard InChI is InChI=1S/C32H40ClN3O6S/c1-20(2)28-19-42-17-16-36(28)32(39)23-9-11-24(12-10-23)34-43(40,41)25-13-14-27-26(18-25)30(33)31(35(27)3)22-7-4-21(5-8-22)6-15-29(37)38/h4-5,7-8,13-14,18,20,23-24,28,34H,6,9-12,15-17,19H2,1-3H3,(H,37,38)/t23?,24?,28-/m1/s1. The van der Waals surface area contributed by atoms with Crippen LogP contribution in [0.2, 0.25) is 5.02 Å². The minimum absolute atomic E-state index is 0.0617. The number of carboxylic acids is 1. The van der Waals surface area contributed by atoms with E-state index in [4.69, 9.17) is 21.4 Å². The smallest absolute Gasteiger partial charge is 0.303 e. The Kier molecular flexibility index (Phi) is 9.51. The first-order chi connectivity index (χ1) is 20.5. The van der Waals surface area contributed by atoms with Crippen LogP contribution in [0, 0.1) is 11.8 Å². The van der Waals surface area contributed by atoms with Crippen molar-refractivity contribution < 1.29 is 27.9 Å². The van der Waals surface area contributed by atoms with Crippen LogP contribution >= 0.6 is 11.6 Å². The number of ether oxygens (including phenoxy) is 1. The molecule has 2 aliphatic rings. The van der Waals surface area contributed by atoms with E-state index in [-0.39, 0.29) is 35.2 Å². The minimum atomic E-state index is -3.81. The number of benzene rings is 2. The zero-order chi connectivity index (χ0) is 30.9. The largest absolute Gasteiger partial charge is 0.481 e. The zero-order valence-corrected chi connectivity index (χ0v) is 26.5. The fourth-order valence-corrected chi connectivity index (χ4v) is 8.09. The third-order valence-electron chi connectivity index (χ3n) is 8.89. The molecule has 1 amide bonds. The van der Waals surface area contributed by atoms with Gasteiger partial charge < -0.3 is 19.3 Å². The number of carboxylic acid groups (broad SMARTS) is 1. The highest BCUT2D eigenvalue weighted by Crippen LogP contribution is 2.38. The van der Waals surface area contributed by atoms with Crippen molar-refractivity contribution in [3.05, 3.63) is 53.1 Å². The van der Waals surface area contributed by atoms with E-state index in [2.05, 4.69) is 18.6 Å². The van der Waals surface area contributed by atoms with E-state index in [0.717, 1.165) is 22.3 Å². The van der Waals surface area contributed by atoms with Crippen molar-refractivity contribution in [1.29, 1.82) is 0 Å². The maximum absolute atomic E-state index is 13.5. The number of halogens is 1. The molecule has 1 aliphatic heterocycles. The summed E-state index contributed by atoms with van der Waals surface area (Å²) in [5, 5.41) is 10.0. The summed E-state index contributed by atoms with van der Waals surface area (Å²) in [7, 11) is -1.93. The van der Waals surface area contributed by atoms with Gasteiger partial charge in [-0.3, -0.25) is 9.59 Å². The van der Waals surface area contributed by atoms with E-state index in [1.54, 1.807) is 18.2 Å². The van der Waals surface area contributed by atoms with Crippen LogP contribution in [0.3, 0.4) is 0 Å². The van der Waals surface area contributed by atoms with Crippen LogP contribution in [-0.2, 0) is 37.8 Å². The van der Waals surface area contributed by atoms with Crippen molar-refractivity contribution in [3.63, 3.8) is 0 Å². The number of aryl methyl sites for hydroxylation is 2. The Labute approximate surface area is 258 Å². The minimum Gasteiger partial charge on any atom is -0.481 e. The number of hydrogen-bond donors (Lipinski definition) is 2. The molecule has 43 heavy (non-hydrogen) atoms. The summed E-state index contributed by atoms with van der Waals surface area (Å²) in [6.07, 6.45) is 3.01. The average molecular weight is 630 g/mol. The van der Waals surface area contributed by atoms with Crippen LogP contribution in [0.25, 0.3) is 22.2 Å². The van der Waals surface area contributed by atoms with Gasteiger partial charge in [0, 0.05) is 42.9 Å². The number of hydrogen-bond acceptors (Lipinski definition) is 5. The van der Waals surface area contributed by atoms with E-state index in [0.29, 0.717) is 68.2 Å². The van der Waals surface area contributed by atoms with Crippen LogP contribution < -0.4 is 4.72 Å². The first-order valence-electron chi connectivity index (χ1n) is 15.0. The zero-order valence-electron chi connectivity index (χ0n) is 24.9. The topological polar surface area (TPSA) is 118 Å². The molecule has 1 aromatic heterocycles. The summed E-state index contributed by atoms with van der Waals surface area (Å²) in [6.45, 7) is 5.95. The number of amides is 1. The highest BCUT2D eigenvalue weighted by atomic mass is 35.5. The van der Waals surface area contributed by atoms with E-state index < -0.39 is 16.0 Å². The molecular weight excluding hydrogens is 590 g/mol. The van der Waals surface area contributed by atoms with Crippen molar-refractivity contribution in [2.45, 2.75) is 69.4 Å². The van der Waals surface area contributed by atoms with Crippen molar-refractivity contribution >= 4 is 44.4 Å². The molecule has 11 heteroatoms. The number of morpholine rings is 1. The van der Waals surface area contributed by atoms with Gasteiger partial charge in [-0.1, -0.05) is 49.7 Å². The first-order valence-corrected chi connectivity index (χ1v) is 16.8. The van der Waals surface area contributed by atoms with Crippen molar-refractivity contribution in [1.82, 2.24) is 14.2 Å². The Morgan fingerprint density at radius 2 is 1.79 bits per heavy atom. The molecule has 2 N–H and O–H groups in total. The lowest BCUT2D eigenvalue weighted by molar-refractivity contribution is -0.147. The second-order valence-electron chi connectivity index (χ2n) is 12.1. The molecule has 2 fully saturated rings. The monoisotopic (exact) mass is 629 g/mol. The van der Waals surface area contributed by atoms with Gasteiger partial charge in [0.25, 0.3) is 0 Å². The normalized spacial score (nSPS) is 21.4. The molecule has 1 atom stereocenters. The second kappa shape index (κ2) is 13.0. The summed E-state index contributed by atoms with van der Waals surface area (Å²) < 4.78 is 37.3. The molecule has 0 radical (unpaired) electrons. The SMILES string of the molecule is CC(C)[C@H]1COCCN1C(=O)C1CCC(NS(=O)(=O)c2ccc3c(c2)c(Cl)c(-c2ccc(CCC(=O)O)cc2)n3C)CC1. The highest BCUT2D eigenvalue weighted by molar-refractivity contribution is 7.89. The molecule has 0 spiro atoms. The summed E-state index contributed by atoms with van der Waals surface area (Å²) in [5.74, 6) is -0.454. The van der Waals surface area contributed by atoms with Crippen LogP contribution in [-0.4, -0.2) is 66.7 Å². The van der Waals surface area contributed by atoms with Gasteiger partial charge in [0.15, 0.2) is 0 Å². The highest BCUT2D eigenvalue weighted by Gasteiger charge is 2.36. The molecule has 2 heterocycles. The molecule has 0 unspecified atom stereocenters. The Bertz CT molecular complexity index is 1590. The van der Waals surface area contributed by atoms with E-state index in [1.165, 1.54) is 0 Å². The number of rotatable bonds is 9. The van der Waals surface area contributed by atoms with Crippen LogP contribution in [0.15, 0.2) is 47.4 Å². The number of aliphatic carboxylic acids is 1. The van der Waals surface area contributed by atoms with Crippen LogP contribution in [0.4, 0.5) is 0 Å². The first kappa shape index (κ1) is 31.5. The number of nitrogens with one attached hydrogen (secondary N) is 1. The average Bonchev–Trinajstić information content (AvgIpc) is 3.25. The number of fused-ring (bicyclic) bond motifs is 1. The van der Waals surface area contributed by atoms with Gasteiger partial charge in [-0.15, -0.1) is 0 Å². The fraction of sp³-hybridized carbons (Fsp3) is 0.500. The predicted octanol–water partition coefficient (Wildman–Crippen LogP) is 5.24. The number of nitrogens with zero attached hydrogens (tertiary/aromatic N) is 2. The molecule has 1 saturated carbocycles. The molecule has 232 valence electrons. The lowest BCUT2D eigenvalue weighted by atomic mass is 9.85. The molecule has 9 nitrogen and oxygen atoms in total. The quantitative estimate of drug-likeness (QED) is 0.334. The Morgan fingerprint density at radius 1 is 1.09 bits per heavy atom. The van der Waals surface area contributed by atoms with Gasteiger partial charge in [-0.2, -0.15) is 0 Å². The van der Waals surface area contributed by atoms with Gasteiger partial charge in [0.2, 0.25) is 15.9 Å². The van der Waals surface area contributed by atoms with Crippen LogP contribution in [0.5, 0.6) is 0 Å². The summed E-state index contributed by atoms with van der Waals surface area (Å²) in [6, 6.07) is 12.4. The number of aromatic nitrogens is 1. The molecule has 1 aliphatic carbocycles. The molecule has 3 aromatic rings. The number of carbonyl (C=O) groups is 2. The van der Waals surface area contributed by atoms with Crippen LogP contribution in [0.1, 0.15) is 51.5 Å². The lowest BCUT2D eigenvalue weighted by Gasteiger charge is -2.41. The molecule has 5 rings (SSSR count). The number of sulfonamides is 1. The van der Waals surface area contributed by atoms with Gasteiger partial charge in [-0.25, -0.2) is 13.1 Å². The van der Waals surface area contributed by atoms with Crippen molar-refractivity contribution in [3.8, 4) is 11.3 Å². The fourth-order valence-electron chi connectivity index (χ4n) is 6.38. The maximum atomic E-state index is 13.5. The van der Waals surface area contributed by atoms with E-state index in [1.807, 2.05) is 40.8 Å². The predicted molar refractivity (Wildman–Crippen MR) is 167 cm³/mol. The van der Waals surface area contributed by atoms with Gasteiger partial charge in [0.05, 0.1) is 34.9 Å². The van der Waals surface area contributed by atoms with E-state index in [9.17, 15) is 18.0 Å². The lowest BCUT2D eigenvalue weighted by Crippen LogP contribution is -2.53. The molecule has 2 aromatic carbocycles. The molecule has 1 saturated heterocycles. The summed E-state index contributed by atoms with van der Waals surface area (Å²) >= 11 is 6.84. The second-order valence-corrected chi connectivity index (χ2v) is 14.2. The third-order valence-corrected chi connectivity index (χ3v) is 10.8. The summed E-state index contributed by atoms with van der Waals surface area (Å²) in [4.78, 5) is 26.4. The van der Waals surface area contributed by atoms with E-state index >= 15 is 0 Å². The molecular formula is C32H40ClN3O6S.